The minimum atomic E-state index is -0.149. The molecular formula is C16H14N4O2. The van der Waals surface area contributed by atoms with E-state index < -0.39 is 0 Å². The van der Waals surface area contributed by atoms with Crippen molar-refractivity contribution in [2.24, 2.45) is 0 Å². The van der Waals surface area contributed by atoms with Gasteiger partial charge in [-0.3, -0.25) is 9.78 Å². The maximum absolute atomic E-state index is 11.8. The van der Waals surface area contributed by atoms with Crippen LogP contribution in [0, 0.1) is 0 Å². The molecule has 0 amide bonds. The molecule has 3 heterocycles. The number of Topliss-reactive ketones (excluding diaryl/α,β-unsaturated/α-hetero) is 1. The average molecular weight is 294 g/mol. The van der Waals surface area contributed by atoms with Crippen molar-refractivity contribution in [1.29, 1.82) is 0 Å². The van der Waals surface area contributed by atoms with Gasteiger partial charge in [0.2, 0.25) is 5.78 Å². The van der Waals surface area contributed by atoms with Crippen LogP contribution < -0.4 is 0 Å². The van der Waals surface area contributed by atoms with Gasteiger partial charge in [-0.2, -0.15) is 5.10 Å². The first-order valence-corrected chi connectivity index (χ1v) is 6.72. The Morgan fingerprint density at radius 2 is 2.14 bits per heavy atom. The Morgan fingerprint density at radius 1 is 1.23 bits per heavy atom. The Morgan fingerprint density at radius 3 is 2.91 bits per heavy atom. The fraction of sp³-hybridized carbons (Fsp3) is 0.125. The topological polar surface area (TPSA) is 69.9 Å². The summed E-state index contributed by atoms with van der Waals surface area (Å²) in [7, 11) is 1.49. The first kappa shape index (κ1) is 14.1. The van der Waals surface area contributed by atoms with Crippen LogP contribution in [0.25, 0.3) is 16.9 Å². The van der Waals surface area contributed by atoms with Gasteiger partial charge in [0.25, 0.3) is 0 Å². The Bertz CT molecular complexity index is 784. The van der Waals surface area contributed by atoms with E-state index in [1.807, 2.05) is 24.4 Å². The number of carbonyl (C=O) groups excluding carboxylic acids is 1. The SMILES string of the molecule is COCC(=O)c1cccc(-c2cnn(-c3cccnc3)c2)n1. The van der Waals surface area contributed by atoms with Crippen LogP contribution in [0.3, 0.4) is 0 Å². The summed E-state index contributed by atoms with van der Waals surface area (Å²) in [4.78, 5) is 20.3. The van der Waals surface area contributed by atoms with E-state index in [-0.39, 0.29) is 12.4 Å². The van der Waals surface area contributed by atoms with Gasteiger partial charge in [-0.15, -0.1) is 0 Å². The van der Waals surface area contributed by atoms with Gasteiger partial charge < -0.3 is 4.74 Å². The van der Waals surface area contributed by atoms with Crippen LogP contribution in [0.15, 0.2) is 55.1 Å². The first-order chi connectivity index (χ1) is 10.8. The molecule has 6 nitrogen and oxygen atoms in total. The van der Waals surface area contributed by atoms with Gasteiger partial charge in [0.05, 0.1) is 23.8 Å². The van der Waals surface area contributed by atoms with Crippen LogP contribution in [0.1, 0.15) is 10.5 Å². The molecule has 0 aromatic carbocycles. The van der Waals surface area contributed by atoms with Gasteiger partial charge in [-0.1, -0.05) is 6.07 Å². The van der Waals surface area contributed by atoms with Gasteiger partial charge in [0.1, 0.15) is 12.3 Å². The number of pyridine rings is 2. The summed E-state index contributed by atoms with van der Waals surface area (Å²) in [5, 5.41) is 4.30. The van der Waals surface area contributed by atoms with Crippen LogP contribution >= 0.6 is 0 Å². The van der Waals surface area contributed by atoms with E-state index in [0.717, 1.165) is 11.3 Å². The summed E-state index contributed by atoms with van der Waals surface area (Å²) in [5.41, 5.74) is 2.77. The van der Waals surface area contributed by atoms with Crippen LogP contribution in [-0.2, 0) is 4.74 Å². The Hall–Kier alpha value is -2.86. The Balaban J connectivity index is 1.91. The molecule has 0 spiro atoms. The van der Waals surface area contributed by atoms with E-state index in [9.17, 15) is 4.79 Å². The number of rotatable bonds is 5. The molecule has 3 rings (SSSR count). The number of hydrogen-bond acceptors (Lipinski definition) is 5. The second-order valence-electron chi connectivity index (χ2n) is 4.65. The number of hydrogen-bond donors (Lipinski definition) is 0. The van der Waals surface area contributed by atoms with Crippen molar-refractivity contribution in [2.75, 3.05) is 13.7 Å². The molecule has 0 saturated heterocycles. The molecule has 0 aliphatic heterocycles. The van der Waals surface area contributed by atoms with E-state index in [2.05, 4.69) is 15.1 Å². The summed E-state index contributed by atoms with van der Waals surface area (Å²) < 4.78 is 6.57. The van der Waals surface area contributed by atoms with Crippen LogP contribution in [-0.4, -0.2) is 39.2 Å². The van der Waals surface area contributed by atoms with E-state index in [1.54, 1.807) is 35.4 Å². The van der Waals surface area contributed by atoms with E-state index in [4.69, 9.17) is 4.74 Å². The fourth-order valence-corrected chi connectivity index (χ4v) is 2.04. The number of ether oxygens (including phenoxy) is 1. The zero-order chi connectivity index (χ0) is 15.4. The van der Waals surface area contributed by atoms with Gasteiger partial charge in [0, 0.05) is 25.1 Å². The van der Waals surface area contributed by atoms with Crippen LogP contribution in [0.5, 0.6) is 0 Å². The molecule has 0 radical (unpaired) electrons. The highest BCUT2D eigenvalue weighted by atomic mass is 16.5. The Kier molecular flexibility index (Phi) is 4.02. The number of aromatic nitrogens is 4. The molecule has 0 fully saturated rings. The second-order valence-corrected chi connectivity index (χ2v) is 4.65. The Labute approximate surface area is 127 Å². The lowest BCUT2D eigenvalue weighted by atomic mass is 10.2. The highest BCUT2D eigenvalue weighted by Gasteiger charge is 2.10. The van der Waals surface area contributed by atoms with Gasteiger partial charge >= 0.3 is 0 Å². The van der Waals surface area contributed by atoms with Crippen molar-refractivity contribution >= 4 is 5.78 Å². The first-order valence-electron chi connectivity index (χ1n) is 6.72. The standard InChI is InChI=1S/C16H14N4O2/c1-22-11-16(21)15-6-2-5-14(19-15)12-8-18-20(10-12)13-4-3-7-17-9-13/h2-10H,11H2,1H3. The van der Waals surface area contributed by atoms with Crippen molar-refractivity contribution < 1.29 is 9.53 Å². The predicted molar refractivity (Wildman–Crippen MR) is 80.8 cm³/mol. The lowest BCUT2D eigenvalue weighted by molar-refractivity contribution is 0.0843. The van der Waals surface area contributed by atoms with E-state index in [0.29, 0.717) is 11.4 Å². The summed E-state index contributed by atoms with van der Waals surface area (Å²) in [6, 6.07) is 9.08. The summed E-state index contributed by atoms with van der Waals surface area (Å²) >= 11 is 0. The van der Waals surface area contributed by atoms with E-state index >= 15 is 0 Å². The zero-order valence-corrected chi connectivity index (χ0v) is 12.0. The minimum Gasteiger partial charge on any atom is -0.376 e. The van der Waals surface area contributed by atoms with Crippen molar-refractivity contribution in [2.45, 2.75) is 0 Å². The summed E-state index contributed by atoms with van der Waals surface area (Å²) in [6.45, 7) is 0.0192. The van der Waals surface area contributed by atoms with Crippen molar-refractivity contribution in [3.05, 3.63) is 60.8 Å². The van der Waals surface area contributed by atoms with Crippen LogP contribution in [0.2, 0.25) is 0 Å². The normalized spacial score (nSPS) is 10.6. The zero-order valence-electron chi connectivity index (χ0n) is 12.0. The highest BCUT2D eigenvalue weighted by Crippen LogP contribution is 2.18. The molecule has 0 aliphatic carbocycles. The summed E-state index contributed by atoms with van der Waals surface area (Å²) in [5.74, 6) is -0.149. The third-order valence-corrected chi connectivity index (χ3v) is 3.10. The number of methoxy groups -OCH3 is 1. The molecule has 0 unspecified atom stereocenters. The number of carbonyl (C=O) groups is 1. The van der Waals surface area contributed by atoms with Gasteiger partial charge in [0.15, 0.2) is 0 Å². The van der Waals surface area contributed by atoms with E-state index in [1.165, 1.54) is 7.11 Å². The molecule has 6 heteroatoms. The lowest BCUT2D eigenvalue weighted by Crippen LogP contribution is -2.09. The lowest BCUT2D eigenvalue weighted by Gasteiger charge is -2.02. The molecule has 3 aromatic rings. The number of ketones is 1. The molecule has 3 aromatic heterocycles. The maximum atomic E-state index is 11.8. The molecule has 110 valence electrons. The molecule has 0 saturated carbocycles. The maximum Gasteiger partial charge on any atom is 0.206 e. The van der Waals surface area contributed by atoms with Crippen molar-refractivity contribution in [3.8, 4) is 16.9 Å². The van der Waals surface area contributed by atoms with Crippen molar-refractivity contribution in [1.82, 2.24) is 19.7 Å². The quantitative estimate of drug-likeness (QED) is 0.674. The van der Waals surface area contributed by atoms with Gasteiger partial charge in [-0.25, -0.2) is 9.67 Å². The molecule has 0 atom stereocenters. The molecule has 0 aliphatic rings. The fourth-order valence-electron chi connectivity index (χ4n) is 2.04. The molecular weight excluding hydrogens is 280 g/mol. The second kappa shape index (κ2) is 6.28. The third-order valence-electron chi connectivity index (χ3n) is 3.10. The average Bonchev–Trinajstić information content (AvgIpc) is 3.06. The summed E-state index contributed by atoms with van der Waals surface area (Å²) in [6.07, 6.45) is 6.99. The largest absolute Gasteiger partial charge is 0.376 e. The molecule has 22 heavy (non-hydrogen) atoms. The smallest absolute Gasteiger partial charge is 0.206 e. The molecule has 0 N–H and O–H groups in total. The molecule has 0 bridgehead atoms. The van der Waals surface area contributed by atoms with Crippen LogP contribution in [0.4, 0.5) is 0 Å². The minimum absolute atomic E-state index is 0.0192. The predicted octanol–water partition coefficient (Wildman–Crippen LogP) is 2.16. The highest BCUT2D eigenvalue weighted by molar-refractivity contribution is 5.95. The number of nitrogens with zero attached hydrogens (tertiary/aromatic N) is 4. The monoisotopic (exact) mass is 294 g/mol. The van der Waals surface area contributed by atoms with Gasteiger partial charge in [-0.05, 0) is 24.3 Å². The van der Waals surface area contributed by atoms with Crippen molar-refractivity contribution in [3.63, 3.8) is 0 Å². The third kappa shape index (κ3) is 2.91.